The van der Waals surface area contributed by atoms with Crippen molar-refractivity contribution in [2.75, 3.05) is 10.6 Å². The van der Waals surface area contributed by atoms with E-state index in [1.165, 1.54) is 6.33 Å². The molecule has 0 unspecified atom stereocenters. The lowest BCUT2D eigenvalue weighted by Crippen LogP contribution is -2.03. The lowest BCUT2D eigenvalue weighted by molar-refractivity contribution is 1.05. The highest BCUT2D eigenvalue weighted by molar-refractivity contribution is 5.54. The van der Waals surface area contributed by atoms with Gasteiger partial charge in [-0.05, 0) is 24.3 Å². The topological polar surface area (TPSA) is 75.6 Å². The molecule has 0 aliphatic carbocycles. The molecule has 0 bridgehead atoms. The van der Waals surface area contributed by atoms with Crippen molar-refractivity contribution in [3.63, 3.8) is 0 Å². The zero-order chi connectivity index (χ0) is 13.6. The van der Waals surface area contributed by atoms with Crippen molar-refractivity contribution in [3.05, 3.63) is 61.1 Å². The first-order valence-electron chi connectivity index (χ1n) is 6.09. The third-order valence-corrected chi connectivity index (χ3v) is 2.51. The molecule has 0 amide bonds. The molecule has 6 nitrogen and oxygen atoms in total. The first kappa shape index (κ1) is 12.0. The van der Waals surface area contributed by atoms with Gasteiger partial charge in [0.05, 0.1) is 0 Å². The summed E-state index contributed by atoms with van der Waals surface area (Å²) in [7, 11) is 0. The highest BCUT2D eigenvalue weighted by Crippen LogP contribution is 2.13. The molecule has 1 aromatic carbocycles. The standard InChI is InChI=1S/C14H12N6/c1-2-6-11(7-3-1)18-13-16-10-17-14(20-13)19-12-8-4-5-9-15-12/h1-10H,(H2,15,16,17,18,19,20). The Kier molecular flexibility index (Phi) is 3.46. The van der Waals surface area contributed by atoms with Gasteiger partial charge in [0.2, 0.25) is 11.9 Å². The van der Waals surface area contributed by atoms with Crippen molar-refractivity contribution in [2.24, 2.45) is 0 Å². The minimum Gasteiger partial charge on any atom is -0.324 e. The summed E-state index contributed by atoms with van der Waals surface area (Å²) in [6.07, 6.45) is 3.15. The Bertz CT molecular complexity index is 615. The summed E-state index contributed by atoms with van der Waals surface area (Å²) in [6, 6.07) is 15.3. The molecule has 3 aromatic rings. The van der Waals surface area contributed by atoms with E-state index in [-0.39, 0.29) is 0 Å². The Balaban J connectivity index is 1.76. The molecule has 0 radical (unpaired) electrons. The molecule has 0 spiro atoms. The van der Waals surface area contributed by atoms with Gasteiger partial charge in [0.25, 0.3) is 0 Å². The Morgan fingerprint density at radius 1 is 0.700 bits per heavy atom. The van der Waals surface area contributed by atoms with Crippen LogP contribution in [0.1, 0.15) is 0 Å². The predicted molar refractivity (Wildman–Crippen MR) is 77.1 cm³/mol. The fourth-order valence-corrected chi connectivity index (χ4v) is 1.62. The van der Waals surface area contributed by atoms with Crippen LogP contribution in [-0.4, -0.2) is 19.9 Å². The smallest absolute Gasteiger partial charge is 0.233 e. The van der Waals surface area contributed by atoms with E-state index in [4.69, 9.17) is 0 Å². The van der Waals surface area contributed by atoms with Crippen LogP contribution in [0.5, 0.6) is 0 Å². The molecule has 0 fully saturated rings. The van der Waals surface area contributed by atoms with E-state index in [9.17, 15) is 0 Å². The zero-order valence-corrected chi connectivity index (χ0v) is 10.6. The average Bonchev–Trinajstić information content (AvgIpc) is 2.50. The quantitative estimate of drug-likeness (QED) is 0.754. The van der Waals surface area contributed by atoms with Crippen LogP contribution in [0.15, 0.2) is 61.1 Å². The summed E-state index contributed by atoms with van der Waals surface area (Å²) < 4.78 is 0. The maximum atomic E-state index is 4.28. The van der Waals surface area contributed by atoms with E-state index in [1.807, 2.05) is 48.5 Å². The highest BCUT2D eigenvalue weighted by atomic mass is 15.2. The minimum atomic E-state index is 0.442. The van der Waals surface area contributed by atoms with Gasteiger partial charge in [0.15, 0.2) is 0 Å². The number of hydrogen-bond acceptors (Lipinski definition) is 6. The van der Waals surface area contributed by atoms with Crippen molar-refractivity contribution in [3.8, 4) is 0 Å². The van der Waals surface area contributed by atoms with E-state index in [0.29, 0.717) is 17.7 Å². The zero-order valence-electron chi connectivity index (χ0n) is 10.6. The fraction of sp³-hybridized carbons (Fsp3) is 0. The van der Waals surface area contributed by atoms with Crippen molar-refractivity contribution in [1.82, 2.24) is 19.9 Å². The number of hydrogen-bond donors (Lipinski definition) is 2. The Labute approximate surface area is 116 Å². The van der Waals surface area contributed by atoms with Gasteiger partial charge in [0, 0.05) is 11.9 Å². The first-order valence-corrected chi connectivity index (χ1v) is 6.09. The van der Waals surface area contributed by atoms with Crippen LogP contribution < -0.4 is 10.6 Å². The molecular weight excluding hydrogens is 252 g/mol. The number of para-hydroxylation sites is 1. The average molecular weight is 264 g/mol. The SMILES string of the molecule is c1ccc(Nc2ncnc(Nc3ccccn3)n2)cc1. The van der Waals surface area contributed by atoms with Gasteiger partial charge in [-0.3, -0.25) is 0 Å². The monoisotopic (exact) mass is 264 g/mol. The maximum Gasteiger partial charge on any atom is 0.233 e. The second-order valence-electron chi connectivity index (χ2n) is 3.96. The van der Waals surface area contributed by atoms with Crippen LogP contribution in [0.4, 0.5) is 23.4 Å². The fourth-order valence-electron chi connectivity index (χ4n) is 1.62. The van der Waals surface area contributed by atoms with Crippen LogP contribution in [0, 0.1) is 0 Å². The Hall–Kier alpha value is -3.02. The van der Waals surface area contributed by atoms with Gasteiger partial charge in [-0.15, -0.1) is 0 Å². The van der Waals surface area contributed by atoms with Crippen molar-refractivity contribution < 1.29 is 0 Å². The third-order valence-electron chi connectivity index (χ3n) is 2.51. The van der Waals surface area contributed by atoms with Gasteiger partial charge in [-0.1, -0.05) is 24.3 Å². The van der Waals surface area contributed by atoms with E-state index in [1.54, 1.807) is 6.20 Å². The maximum absolute atomic E-state index is 4.28. The predicted octanol–water partition coefficient (Wildman–Crippen LogP) is 2.75. The molecule has 0 aliphatic heterocycles. The normalized spacial score (nSPS) is 10.0. The largest absolute Gasteiger partial charge is 0.324 e. The van der Waals surface area contributed by atoms with Crippen molar-refractivity contribution in [2.45, 2.75) is 0 Å². The van der Waals surface area contributed by atoms with Gasteiger partial charge >= 0.3 is 0 Å². The van der Waals surface area contributed by atoms with Crippen LogP contribution in [-0.2, 0) is 0 Å². The molecule has 0 aliphatic rings. The first-order chi connectivity index (χ1) is 9.90. The second kappa shape index (κ2) is 5.75. The van der Waals surface area contributed by atoms with E-state index >= 15 is 0 Å². The van der Waals surface area contributed by atoms with Crippen LogP contribution in [0.3, 0.4) is 0 Å². The minimum absolute atomic E-state index is 0.442. The van der Waals surface area contributed by atoms with Crippen LogP contribution in [0.2, 0.25) is 0 Å². The molecule has 6 heteroatoms. The summed E-state index contributed by atoms with van der Waals surface area (Å²) >= 11 is 0. The number of aromatic nitrogens is 4. The number of benzene rings is 1. The lowest BCUT2D eigenvalue weighted by Gasteiger charge is -2.06. The Morgan fingerprint density at radius 2 is 1.45 bits per heavy atom. The molecule has 0 atom stereocenters. The molecule has 20 heavy (non-hydrogen) atoms. The third kappa shape index (κ3) is 3.05. The molecular formula is C14H12N6. The van der Waals surface area contributed by atoms with Gasteiger partial charge in [0.1, 0.15) is 12.1 Å². The second-order valence-corrected chi connectivity index (χ2v) is 3.96. The molecule has 0 saturated heterocycles. The van der Waals surface area contributed by atoms with Gasteiger partial charge < -0.3 is 10.6 Å². The van der Waals surface area contributed by atoms with Gasteiger partial charge in [-0.2, -0.15) is 4.98 Å². The number of anilines is 4. The molecule has 2 heterocycles. The van der Waals surface area contributed by atoms with Crippen LogP contribution in [0.25, 0.3) is 0 Å². The summed E-state index contributed by atoms with van der Waals surface area (Å²) in [5.74, 6) is 1.60. The van der Waals surface area contributed by atoms with E-state index < -0.39 is 0 Å². The lowest BCUT2D eigenvalue weighted by atomic mass is 10.3. The molecule has 98 valence electrons. The van der Waals surface area contributed by atoms with Crippen molar-refractivity contribution >= 4 is 23.4 Å². The highest BCUT2D eigenvalue weighted by Gasteiger charge is 2.02. The number of nitrogens with one attached hydrogen (secondary N) is 2. The summed E-state index contributed by atoms with van der Waals surface area (Å²) in [5.41, 5.74) is 0.919. The van der Waals surface area contributed by atoms with E-state index in [0.717, 1.165) is 5.69 Å². The van der Waals surface area contributed by atoms with Crippen LogP contribution >= 0.6 is 0 Å². The van der Waals surface area contributed by atoms with Gasteiger partial charge in [-0.25, -0.2) is 15.0 Å². The number of pyridine rings is 1. The molecule has 0 saturated carbocycles. The molecule has 3 rings (SSSR count). The number of rotatable bonds is 4. The molecule has 2 aromatic heterocycles. The van der Waals surface area contributed by atoms with Crippen molar-refractivity contribution in [1.29, 1.82) is 0 Å². The molecule has 2 N–H and O–H groups in total. The summed E-state index contributed by atoms with van der Waals surface area (Å²) in [5, 5.41) is 6.12. The summed E-state index contributed by atoms with van der Waals surface area (Å²) in [6.45, 7) is 0. The Morgan fingerprint density at radius 3 is 2.20 bits per heavy atom. The number of nitrogens with zero attached hydrogens (tertiary/aromatic N) is 4. The van der Waals surface area contributed by atoms with E-state index in [2.05, 4.69) is 30.6 Å². The summed E-state index contributed by atoms with van der Waals surface area (Å²) in [4.78, 5) is 16.6.